The third-order valence-corrected chi connectivity index (χ3v) is 4.54. The number of rotatable bonds is 4. The van der Waals surface area contributed by atoms with E-state index in [0.29, 0.717) is 12.1 Å². The number of fused-ring (bicyclic) bond motifs is 3. The largest absolute Gasteiger partial charge is 0.444 e. The number of nitrogens with one attached hydrogen (secondary N) is 3. The lowest BCUT2D eigenvalue weighted by Crippen LogP contribution is -2.33. The lowest BCUT2D eigenvalue weighted by atomic mass is 10.1. The van der Waals surface area contributed by atoms with E-state index in [1.807, 2.05) is 39.0 Å². The fourth-order valence-corrected chi connectivity index (χ4v) is 3.35. The number of carbonyl (C=O) groups is 1. The minimum Gasteiger partial charge on any atom is -0.444 e. The van der Waals surface area contributed by atoms with Crippen molar-refractivity contribution < 1.29 is 9.53 Å². The van der Waals surface area contributed by atoms with Crippen LogP contribution >= 0.6 is 11.8 Å². The standard InChI is InChI=1S/C18H21N3O3S/c1-18(2,3)24-17(23)20-8-9-25-11-4-5-14-13(10-11)12-6-7-19-15(12)16(22)21-14/h4-7,10,19H,8-9H2,1-3H3,(H,20,23)(H,21,22). The molecule has 0 radical (unpaired) electrons. The van der Waals surface area contributed by atoms with Crippen LogP contribution in [0.3, 0.4) is 0 Å². The number of aromatic nitrogens is 2. The van der Waals surface area contributed by atoms with E-state index in [1.54, 1.807) is 18.0 Å². The second-order valence-corrected chi connectivity index (χ2v) is 7.87. The maximum absolute atomic E-state index is 12.0. The van der Waals surface area contributed by atoms with Gasteiger partial charge in [-0.3, -0.25) is 4.79 Å². The molecule has 0 saturated carbocycles. The Bertz CT molecular complexity index is 969. The highest BCUT2D eigenvalue weighted by atomic mass is 32.2. The highest BCUT2D eigenvalue weighted by Gasteiger charge is 2.15. The predicted molar refractivity (Wildman–Crippen MR) is 101 cm³/mol. The summed E-state index contributed by atoms with van der Waals surface area (Å²) in [5.41, 5.74) is 0.790. The summed E-state index contributed by atoms with van der Waals surface area (Å²) < 4.78 is 5.20. The van der Waals surface area contributed by atoms with Gasteiger partial charge in [0.2, 0.25) is 0 Å². The molecule has 0 spiro atoms. The van der Waals surface area contributed by atoms with E-state index in [1.165, 1.54) is 0 Å². The van der Waals surface area contributed by atoms with Crippen molar-refractivity contribution in [2.24, 2.45) is 0 Å². The first kappa shape index (κ1) is 17.4. The van der Waals surface area contributed by atoms with Crippen molar-refractivity contribution in [1.82, 2.24) is 15.3 Å². The number of hydrogen-bond acceptors (Lipinski definition) is 4. The number of benzene rings is 1. The molecule has 6 nitrogen and oxygen atoms in total. The molecule has 3 aromatic rings. The van der Waals surface area contributed by atoms with E-state index in [0.717, 1.165) is 26.9 Å². The molecule has 0 fully saturated rings. The molecular weight excluding hydrogens is 338 g/mol. The number of amides is 1. The molecule has 3 rings (SSSR count). The summed E-state index contributed by atoms with van der Waals surface area (Å²) in [6, 6.07) is 7.84. The molecule has 0 unspecified atom stereocenters. The van der Waals surface area contributed by atoms with E-state index in [-0.39, 0.29) is 5.56 Å². The molecule has 0 saturated heterocycles. The molecule has 0 atom stereocenters. The van der Waals surface area contributed by atoms with Crippen LogP contribution in [0.25, 0.3) is 21.8 Å². The number of thioether (sulfide) groups is 1. The highest BCUT2D eigenvalue weighted by Crippen LogP contribution is 2.26. The number of pyridine rings is 1. The summed E-state index contributed by atoms with van der Waals surface area (Å²) in [5.74, 6) is 0.727. The number of alkyl carbamates (subject to hydrolysis) is 1. The van der Waals surface area contributed by atoms with Gasteiger partial charge in [0.1, 0.15) is 11.1 Å². The zero-order chi connectivity index (χ0) is 18.0. The van der Waals surface area contributed by atoms with Crippen LogP contribution in [0.4, 0.5) is 4.79 Å². The van der Waals surface area contributed by atoms with Crippen molar-refractivity contribution in [2.75, 3.05) is 12.3 Å². The summed E-state index contributed by atoms with van der Waals surface area (Å²) >= 11 is 1.64. The molecule has 2 aromatic heterocycles. The summed E-state index contributed by atoms with van der Waals surface area (Å²) in [6.45, 7) is 6.02. The summed E-state index contributed by atoms with van der Waals surface area (Å²) in [7, 11) is 0. The first-order chi connectivity index (χ1) is 11.8. The Labute approximate surface area is 149 Å². The van der Waals surface area contributed by atoms with Crippen molar-refractivity contribution in [3.63, 3.8) is 0 Å². The molecule has 7 heteroatoms. The Morgan fingerprint density at radius 1 is 1.24 bits per heavy atom. The third kappa shape index (κ3) is 4.17. The van der Waals surface area contributed by atoms with E-state index in [2.05, 4.69) is 21.4 Å². The van der Waals surface area contributed by atoms with Gasteiger partial charge in [0.15, 0.2) is 0 Å². The number of aromatic amines is 2. The van der Waals surface area contributed by atoms with Gasteiger partial charge in [-0.1, -0.05) is 0 Å². The van der Waals surface area contributed by atoms with Gasteiger partial charge in [-0.05, 0) is 45.0 Å². The molecule has 2 heterocycles. The Kier molecular flexibility index (Phi) is 4.76. The molecule has 132 valence electrons. The predicted octanol–water partition coefficient (Wildman–Crippen LogP) is 3.63. The van der Waals surface area contributed by atoms with Crippen molar-refractivity contribution in [3.8, 4) is 0 Å². The van der Waals surface area contributed by atoms with Gasteiger partial charge < -0.3 is 20.0 Å². The minimum absolute atomic E-state index is 0.116. The van der Waals surface area contributed by atoms with Gasteiger partial charge >= 0.3 is 6.09 Å². The zero-order valence-electron chi connectivity index (χ0n) is 14.4. The molecule has 0 aliphatic carbocycles. The van der Waals surface area contributed by atoms with Crippen LogP contribution in [0, 0.1) is 0 Å². The fraction of sp³-hybridized carbons (Fsp3) is 0.333. The van der Waals surface area contributed by atoms with Crippen LogP contribution in [0.2, 0.25) is 0 Å². The molecule has 0 aliphatic heterocycles. The number of ether oxygens (including phenoxy) is 1. The molecule has 0 aliphatic rings. The Morgan fingerprint density at radius 3 is 2.80 bits per heavy atom. The van der Waals surface area contributed by atoms with Gasteiger partial charge in [-0.2, -0.15) is 0 Å². The third-order valence-electron chi connectivity index (χ3n) is 3.54. The monoisotopic (exact) mass is 359 g/mol. The summed E-state index contributed by atoms with van der Waals surface area (Å²) in [4.78, 5) is 30.5. The normalized spacial score (nSPS) is 11.8. The highest BCUT2D eigenvalue weighted by molar-refractivity contribution is 7.99. The summed E-state index contributed by atoms with van der Waals surface area (Å²) in [6.07, 6.45) is 1.36. The number of H-pyrrole nitrogens is 2. The lowest BCUT2D eigenvalue weighted by Gasteiger charge is -2.19. The summed E-state index contributed by atoms with van der Waals surface area (Å²) in [5, 5.41) is 4.66. The quantitative estimate of drug-likeness (QED) is 0.490. The first-order valence-electron chi connectivity index (χ1n) is 8.06. The molecule has 1 amide bonds. The molecule has 1 aromatic carbocycles. The smallest absolute Gasteiger partial charge is 0.407 e. The maximum atomic E-state index is 12.0. The van der Waals surface area contributed by atoms with E-state index >= 15 is 0 Å². The van der Waals surface area contributed by atoms with Gasteiger partial charge in [0, 0.05) is 39.7 Å². The van der Waals surface area contributed by atoms with Gasteiger partial charge in [-0.15, -0.1) is 11.8 Å². The maximum Gasteiger partial charge on any atom is 0.407 e. The average Bonchev–Trinajstić information content (AvgIpc) is 3.01. The average molecular weight is 359 g/mol. The van der Waals surface area contributed by atoms with Crippen molar-refractivity contribution in [1.29, 1.82) is 0 Å². The molecule has 0 bridgehead atoms. The minimum atomic E-state index is -0.492. The van der Waals surface area contributed by atoms with Crippen LogP contribution < -0.4 is 10.9 Å². The van der Waals surface area contributed by atoms with Crippen LogP contribution in [0.5, 0.6) is 0 Å². The van der Waals surface area contributed by atoms with E-state index < -0.39 is 11.7 Å². The van der Waals surface area contributed by atoms with Gasteiger partial charge in [-0.25, -0.2) is 4.79 Å². The van der Waals surface area contributed by atoms with Gasteiger partial charge in [0.25, 0.3) is 5.56 Å². The Hall–Kier alpha value is -2.41. The zero-order valence-corrected chi connectivity index (χ0v) is 15.3. The fourth-order valence-electron chi connectivity index (χ4n) is 2.55. The van der Waals surface area contributed by atoms with Crippen LogP contribution in [0.15, 0.2) is 40.2 Å². The first-order valence-corrected chi connectivity index (χ1v) is 9.05. The number of hydrogen-bond donors (Lipinski definition) is 3. The number of carbonyl (C=O) groups excluding carboxylic acids is 1. The SMILES string of the molecule is CC(C)(C)OC(=O)NCCSc1ccc2[nH]c(=O)c3[nH]ccc3c2c1. The Balaban J connectivity index is 1.66. The van der Waals surface area contributed by atoms with Crippen molar-refractivity contribution in [3.05, 3.63) is 40.8 Å². The van der Waals surface area contributed by atoms with E-state index in [9.17, 15) is 9.59 Å². The van der Waals surface area contributed by atoms with Crippen LogP contribution in [-0.2, 0) is 4.74 Å². The van der Waals surface area contributed by atoms with Gasteiger partial charge in [0.05, 0.1) is 0 Å². The van der Waals surface area contributed by atoms with Crippen molar-refractivity contribution >= 4 is 39.7 Å². The van der Waals surface area contributed by atoms with Crippen LogP contribution in [0.1, 0.15) is 20.8 Å². The second-order valence-electron chi connectivity index (χ2n) is 6.70. The molecular formula is C18H21N3O3S. The lowest BCUT2D eigenvalue weighted by molar-refractivity contribution is 0.0531. The van der Waals surface area contributed by atoms with Crippen LogP contribution in [-0.4, -0.2) is 34.0 Å². The Morgan fingerprint density at radius 2 is 2.04 bits per heavy atom. The topological polar surface area (TPSA) is 87.0 Å². The molecule has 3 N–H and O–H groups in total. The van der Waals surface area contributed by atoms with E-state index in [4.69, 9.17) is 4.74 Å². The van der Waals surface area contributed by atoms with Crippen molar-refractivity contribution in [2.45, 2.75) is 31.3 Å². The second kappa shape index (κ2) is 6.84. The molecule has 25 heavy (non-hydrogen) atoms.